The summed E-state index contributed by atoms with van der Waals surface area (Å²) in [5.74, 6) is 2.02. The molecule has 2 aromatic heterocycles. The van der Waals surface area contributed by atoms with Crippen molar-refractivity contribution >= 4 is 23.1 Å². The summed E-state index contributed by atoms with van der Waals surface area (Å²) in [6, 6.07) is 8.16. The van der Waals surface area contributed by atoms with Crippen LogP contribution in [0, 0.1) is 5.92 Å². The second-order valence-electron chi connectivity index (χ2n) is 7.04. The fraction of sp³-hybridized carbons (Fsp3) is 0.500. The van der Waals surface area contributed by atoms with Gasteiger partial charge in [0.05, 0.1) is 4.88 Å². The van der Waals surface area contributed by atoms with Crippen LogP contribution in [0.15, 0.2) is 30.5 Å². The van der Waals surface area contributed by atoms with Crippen LogP contribution in [0.3, 0.4) is 0 Å². The van der Waals surface area contributed by atoms with E-state index in [1.165, 1.54) is 23.3 Å². The van der Waals surface area contributed by atoms with Crippen LogP contribution in [0.2, 0.25) is 0 Å². The minimum absolute atomic E-state index is 0.216. The van der Waals surface area contributed by atoms with Crippen LogP contribution in [0.1, 0.15) is 39.9 Å². The van der Waals surface area contributed by atoms with Gasteiger partial charge in [-0.05, 0) is 48.9 Å². The van der Waals surface area contributed by atoms with Gasteiger partial charge in [-0.2, -0.15) is 0 Å². The number of amides is 1. The van der Waals surface area contributed by atoms with E-state index in [1.807, 2.05) is 29.3 Å². The van der Waals surface area contributed by atoms with Gasteiger partial charge in [-0.15, -0.1) is 11.3 Å². The lowest BCUT2D eigenvalue weighted by molar-refractivity contribution is 0.0751. The van der Waals surface area contributed by atoms with Crippen LogP contribution >= 0.6 is 11.3 Å². The fourth-order valence-electron chi connectivity index (χ4n) is 3.89. The minimum atomic E-state index is 0.216. The molecule has 1 saturated heterocycles. The summed E-state index contributed by atoms with van der Waals surface area (Å²) in [5, 5.41) is 0. The molecule has 0 radical (unpaired) electrons. The zero-order valence-electron chi connectivity index (χ0n) is 14.8. The Morgan fingerprint density at radius 2 is 2.12 bits per heavy atom. The molecule has 4 nitrogen and oxygen atoms in total. The number of aryl methyl sites for hydroxylation is 1. The van der Waals surface area contributed by atoms with Crippen molar-refractivity contribution in [1.29, 1.82) is 0 Å². The van der Waals surface area contributed by atoms with E-state index in [-0.39, 0.29) is 5.91 Å². The van der Waals surface area contributed by atoms with Gasteiger partial charge in [0.1, 0.15) is 5.82 Å². The zero-order valence-corrected chi connectivity index (χ0v) is 15.6. The van der Waals surface area contributed by atoms with Crippen LogP contribution in [0.5, 0.6) is 0 Å². The number of hydrogen-bond acceptors (Lipinski definition) is 4. The topological polar surface area (TPSA) is 36.4 Å². The van der Waals surface area contributed by atoms with Gasteiger partial charge < -0.3 is 9.80 Å². The number of thiophene rings is 1. The van der Waals surface area contributed by atoms with Crippen molar-refractivity contribution < 1.29 is 4.79 Å². The maximum atomic E-state index is 12.9. The lowest BCUT2D eigenvalue weighted by Gasteiger charge is -2.35. The predicted molar refractivity (Wildman–Crippen MR) is 102 cm³/mol. The number of fused-ring (bicyclic) bond motifs is 1. The molecule has 5 heteroatoms. The summed E-state index contributed by atoms with van der Waals surface area (Å²) in [5.41, 5.74) is 1.43. The van der Waals surface area contributed by atoms with E-state index in [2.05, 4.69) is 22.9 Å². The number of pyridine rings is 1. The van der Waals surface area contributed by atoms with Crippen molar-refractivity contribution in [3.63, 3.8) is 0 Å². The van der Waals surface area contributed by atoms with Crippen molar-refractivity contribution in [2.75, 3.05) is 31.1 Å². The standard InChI is InChI=1S/C20H25N3OS/c1-2-15-6-7-17-16(13-15)14-18(25-17)20(24)23-11-9-22(10-12-23)19-5-3-4-8-21-19/h3-5,8,14-15H,2,6-7,9-13H2,1H3/t15-/m0/s1. The first-order valence-corrected chi connectivity index (χ1v) is 10.1. The third-order valence-corrected chi connectivity index (χ3v) is 6.74. The summed E-state index contributed by atoms with van der Waals surface area (Å²) in [6.45, 7) is 5.53. The predicted octanol–water partition coefficient (Wildman–Crippen LogP) is 3.62. The van der Waals surface area contributed by atoms with Gasteiger partial charge in [-0.3, -0.25) is 4.79 Å². The first-order chi connectivity index (χ1) is 12.2. The van der Waals surface area contributed by atoms with Crippen LogP contribution in [-0.4, -0.2) is 42.0 Å². The quantitative estimate of drug-likeness (QED) is 0.844. The second kappa shape index (κ2) is 7.16. The molecular weight excluding hydrogens is 330 g/mol. The van der Waals surface area contributed by atoms with Crippen LogP contribution in [0.25, 0.3) is 0 Å². The third-order valence-electron chi connectivity index (χ3n) is 5.51. The van der Waals surface area contributed by atoms with E-state index in [1.54, 1.807) is 11.3 Å². The van der Waals surface area contributed by atoms with E-state index in [0.29, 0.717) is 0 Å². The molecule has 0 saturated carbocycles. The molecule has 132 valence electrons. The highest BCUT2D eigenvalue weighted by Crippen LogP contribution is 2.34. The Hall–Kier alpha value is -1.88. The van der Waals surface area contributed by atoms with Crippen LogP contribution in [0.4, 0.5) is 5.82 Å². The summed E-state index contributed by atoms with van der Waals surface area (Å²) >= 11 is 1.73. The Kier molecular flexibility index (Phi) is 4.75. The molecule has 25 heavy (non-hydrogen) atoms. The summed E-state index contributed by atoms with van der Waals surface area (Å²) < 4.78 is 0. The Balaban J connectivity index is 1.40. The molecule has 0 bridgehead atoms. The van der Waals surface area contributed by atoms with E-state index >= 15 is 0 Å². The molecule has 0 unspecified atom stereocenters. The zero-order chi connectivity index (χ0) is 17.2. The molecule has 1 fully saturated rings. The van der Waals surface area contributed by atoms with Crippen molar-refractivity contribution in [3.05, 3.63) is 45.8 Å². The number of hydrogen-bond donors (Lipinski definition) is 0. The van der Waals surface area contributed by atoms with Gasteiger partial charge in [0.25, 0.3) is 5.91 Å². The molecule has 1 aliphatic heterocycles. The molecule has 0 N–H and O–H groups in total. The SMILES string of the molecule is CC[C@H]1CCc2sc(C(=O)N3CCN(c4ccccn4)CC3)cc2C1. The highest BCUT2D eigenvalue weighted by Gasteiger charge is 2.26. The minimum Gasteiger partial charge on any atom is -0.353 e. The summed E-state index contributed by atoms with van der Waals surface area (Å²) in [4.78, 5) is 24.0. The second-order valence-corrected chi connectivity index (χ2v) is 8.18. The summed E-state index contributed by atoms with van der Waals surface area (Å²) in [7, 11) is 0. The maximum absolute atomic E-state index is 12.9. The number of nitrogens with zero attached hydrogens (tertiary/aromatic N) is 3. The van der Waals surface area contributed by atoms with Crippen LogP contribution < -0.4 is 4.90 Å². The first-order valence-electron chi connectivity index (χ1n) is 9.31. The van der Waals surface area contributed by atoms with Crippen molar-refractivity contribution in [3.8, 4) is 0 Å². The Bertz CT molecular complexity index is 735. The molecule has 1 atom stereocenters. The number of piperazine rings is 1. The average Bonchev–Trinajstić information content (AvgIpc) is 3.11. The highest BCUT2D eigenvalue weighted by molar-refractivity contribution is 7.14. The van der Waals surface area contributed by atoms with Crippen molar-refractivity contribution in [2.45, 2.75) is 32.6 Å². The van der Waals surface area contributed by atoms with E-state index < -0.39 is 0 Å². The molecule has 2 aromatic rings. The van der Waals surface area contributed by atoms with E-state index in [9.17, 15) is 4.79 Å². The molecule has 0 aromatic carbocycles. The smallest absolute Gasteiger partial charge is 0.264 e. The van der Waals surface area contributed by atoms with Crippen LogP contribution in [-0.2, 0) is 12.8 Å². The fourth-order valence-corrected chi connectivity index (χ4v) is 5.06. The van der Waals surface area contributed by atoms with Crippen molar-refractivity contribution in [2.24, 2.45) is 5.92 Å². The Morgan fingerprint density at radius 3 is 2.84 bits per heavy atom. The molecule has 1 aliphatic carbocycles. The number of carbonyl (C=O) groups excluding carboxylic acids is 1. The monoisotopic (exact) mass is 355 g/mol. The van der Waals surface area contributed by atoms with E-state index in [0.717, 1.165) is 55.6 Å². The van der Waals surface area contributed by atoms with E-state index in [4.69, 9.17) is 0 Å². The number of carbonyl (C=O) groups is 1. The summed E-state index contributed by atoms with van der Waals surface area (Å²) in [6.07, 6.45) is 6.66. The van der Waals surface area contributed by atoms with Gasteiger partial charge >= 0.3 is 0 Å². The molecular formula is C20H25N3OS. The van der Waals surface area contributed by atoms with Gasteiger partial charge in [0.2, 0.25) is 0 Å². The Morgan fingerprint density at radius 1 is 1.28 bits per heavy atom. The molecule has 0 spiro atoms. The third kappa shape index (κ3) is 3.43. The molecule has 3 heterocycles. The molecule has 2 aliphatic rings. The number of anilines is 1. The Labute approximate surface area is 153 Å². The highest BCUT2D eigenvalue weighted by atomic mass is 32.1. The lowest BCUT2D eigenvalue weighted by atomic mass is 9.87. The van der Waals surface area contributed by atoms with Gasteiger partial charge in [-0.1, -0.05) is 19.4 Å². The molecule has 4 rings (SSSR count). The van der Waals surface area contributed by atoms with Gasteiger partial charge in [-0.25, -0.2) is 4.98 Å². The maximum Gasteiger partial charge on any atom is 0.264 e. The number of aromatic nitrogens is 1. The number of rotatable bonds is 3. The molecule has 1 amide bonds. The average molecular weight is 356 g/mol. The first kappa shape index (κ1) is 16.6. The van der Waals surface area contributed by atoms with Crippen molar-refractivity contribution in [1.82, 2.24) is 9.88 Å². The lowest BCUT2D eigenvalue weighted by Crippen LogP contribution is -2.48. The van der Waals surface area contributed by atoms with Gasteiger partial charge in [0.15, 0.2) is 0 Å². The largest absolute Gasteiger partial charge is 0.353 e. The normalized spacial score (nSPS) is 20.4. The van der Waals surface area contributed by atoms with Gasteiger partial charge in [0, 0.05) is 37.3 Å².